The number of aliphatic hydroxyl groups excluding tert-OH is 2. The number of hydrogen-bond donors (Lipinski definition) is 2. The van der Waals surface area contributed by atoms with E-state index >= 15 is 0 Å². The topological polar surface area (TPSA) is 40.5 Å². The summed E-state index contributed by atoms with van der Waals surface area (Å²) >= 11 is 0. The largest absolute Gasteiger partial charge is 0.396 e. The Balaban J connectivity index is 0. The van der Waals surface area contributed by atoms with E-state index in [1.807, 2.05) is 20.8 Å². The van der Waals surface area contributed by atoms with Crippen molar-refractivity contribution in [2.75, 3.05) is 6.61 Å². The quantitative estimate of drug-likeness (QED) is 0.635. The fourth-order valence-electron chi connectivity index (χ4n) is 0.445. The second-order valence-corrected chi connectivity index (χ2v) is 2.23. The number of rotatable bonds is 3. The standard InChI is InChI=1S/C6H14O2.C2H6/c1-5(3-4-7)6(2)8;1-2/h5-8H,3-4H2,1-2H3;1-2H3. The lowest BCUT2D eigenvalue weighted by atomic mass is 10.0. The average molecular weight is 148 g/mol. The van der Waals surface area contributed by atoms with Crippen LogP contribution in [0.4, 0.5) is 0 Å². The first-order valence-electron chi connectivity index (χ1n) is 3.97. The molecule has 0 saturated carbocycles. The number of hydrogen-bond acceptors (Lipinski definition) is 2. The second kappa shape index (κ2) is 8.92. The van der Waals surface area contributed by atoms with E-state index in [2.05, 4.69) is 0 Å². The molecule has 0 aromatic rings. The van der Waals surface area contributed by atoms with Gasteiger partial charge in [-0.25, -0.2) is 0 Å². The van der Waals surface area contributed by atoms with Gasteiger partial charge in [0.2, 0.25) is 0 Å². The zero-order chi connectivity index (χ0) is 8.57. The van der Waals surface area contributed by atoms with Crippen molar-refractivity contribution in [2.24, 2.45) is 5.92 Å². The normalized spacial score (nSPS) is 15.0. The summed E-state index contributed by atoms with van der Waals surface area (Å²) in [5.74, 6) is 0.222. The zero-order valence-electron chi connectivity index (χ0n) is 7.46. The first kappa shape index (κ1) is 12.6. The summed E-state index contributed by atoms with van der Waals surface area (Å²) in [5.41, 5.74) is 0. The monoisotopic (exact) mass is 148 g/mol. The van der Waals surface area contributed by atoms with Gasteiger partial charge in [0.05, 0.1) is 6.10 Å². The Morgan fingerprint density at radius 3 is 1.70 bits per heavy atom. The molecule has 0 aromatic carbocycles. The lowest BCUT2D eigenvalue weighted by Crippen LogP contribution is -2.13. The maximum atomic E-state index is 8.84. The van der Waals surface area contributed by atoms with Crippen molar-refractivity contribution in [3.8, 4) is 0 Å². The fraction of sp³-hybridized carbons (Fsp3) is 1.00. The van der Waals surface area contributed by atoms with Crippen LogP contribution in [0, 0.1) is 5.92 Å². The van der Waals surface area contributed by atoms with Gasteiger partial charge in [0.1, 0.15) is 0 Å². The molecule has 0 heterocycles. The smallest absolute Gasteiger partial charge is 0.0538 e. The Bertz CT molecular complexity index is 53.2. The van der Waals surface area contributed by atoms with Crippen molar-refractivity contribution in [2.45, 2.75) is 40.2 Å². The summed E-state index contributed by atoms with van der Waals surface area (Å²) in [6.07, 6.45) is 0.402. The Labute approximate surface area is 63.9 Å². The van der Waals surface area contributed by atoms with Gasteiger partial charge in [-0.3, -0.25) is 0 Å². The summed E-state index contributed by atoms with van der Waals surface area (Å²) in [6.45, 7) is 7.83. The molecule has 2 unspecified atom stereocenters. The molecule has 0 aromatic heterocycles. The summed E-state index contributed by atoms with van der Waals surface area (Å²) in [6, 6.07) is 0. The lowest BCUT2D eigenvalue weighted by molar-refractivity contribution is 0.115. The van der Waals surface area contributed by atoms with E-state index in [4.69, 9.17) is 10.2 Å². The molecular weight excluding hydrogens is 128 g/mol. The molecule has 0 aliphatic rings. The Kier molecular flexibility index (Phi) is 11.2. The third kappa shape index (κ3) is 7.92. The van der Waals surface area contributed by atoms with Crippen LogP contribution in [0.2, 0.25) is 0 Å². The van der Waals surface area contributed by atoms with E-state index in [0.717, 1.165) is 0 Å². The molecule has 10 heavy (non-hydrogen) atoms. The minimum atomic E-state index is -0.290. The van der Waals surface area contributed by atoms with Gasteiger partial charge in [0, 0.05) is 6.61 Å². The molecule has 2 atom stereocenters. The van der Waals surface area contributed by atoms with Crippen LogP contribution in [0.3, 0.4) is 0 Å². The summed E-state index contributed by atoms with van der Waals surface area (Å²) in [5, 5.41) is 17.2. The molecule has 0 spiro atoms. The second-order valence-electron chi connectivity index (χ2n) is 2.23. The highest BCUT2D eigenvalue weighted by molar-refractivity contribution is 4.56. The SMILES string of the molecule is CC.CC(O)C(C)CCO. The van der Waals surface area contributed by atoms with Crippen molar-refractivity contribution in [1.82, 2.24) is 0 Å². The van der Waals surface area contributed by atoms with E-state index < -0.39 is 0 Å². The predicted molar refractivity (Wildman–Crippen MR) is 43.9 cm³/mol. The van der Waals surface area contributed by atoms with Gasteiger partial charge in [-0.05, 0) is 19.3 Å². The van der Waals surface area contributed by atoms with Gasteiger partial charge in [-0.2, -0.15) is 0 Å². The molecule has 0 rings (SSSR count). The minimum Gasteiger partial charge on any atom is -0.396 e. The summed E-state index contributed by atoms with van der Waals surface area (Å²) in [4.78, 5) is 0. The molecular formula is C8H20O2. The number of aliphatic hydroxyl groups is 2. The van der Waals surface area contributed by atoms with Crippen molar-refractivity contribution >= 4 is 0 Å². The Hall–Kier alpha value is -0.0800. The van der Waals surface area contributed by atoms with E-state index in [-0.39, 0.29) is 18.6 Å². The van der Waals surface area contributed by atoms with Gasteiger partial charge >= 0.3 is 0 Å². The molecule has 2 heteroatoms. The third-order valence-corrected chi connectivity index (χ3v) is 1.41. The van der Waals surface area contributed by atoms with Crippen molar-refractivity contribution < 1.29 is 10.2 Å². The molecule has 0 radical (unpaired) electrons. The average Bonchev–Trinajstić information content (AvgIpc) is 1.93. The molecule has 2 nitrogen and oxygen atoms in total. The van der Waals surface area contributed by atoms with Gasteiger partial charge < -0.3 is 10.2 Å². The van der Waals surface area contributed by atoms with Crippen LogP contribution in [-0.2, 0) is 0 Å². The molecule has 64 valence electrons. The van der Waals surface area contributed by atoms with E-state index in [1.54, 1.807) is 6.92 Å². The lowest BCUT2D eigenvalue weighted by Gasteiger charge is -2.11. The molecule has 2 N–H and O–H groups in total. The van der Waals surface area contributed by atoms with E-state index in [1.165, 1.54) is 0 Å². The molecule has 0 amide bonds. The van der Waals surface area contributed by atoms with Gasteiger partial charge in [-0.1, -0.05) is 20.8 Å². The van der Waals surface area contributed by atoms with Crippen LogP contribution in [-0.4, -0.2) is 22.9 Å². The van der Waals surface area contributed by atoms with Gasteiger partial charge in [-0.15, -0.1) is 0 Å². The van der Waals surface area contributed by atoms with Crippen LogP contribution in [0.15, 0.2) is 0 Å². The van der Waals surface area contributed by atoms with Crippen LogP contribution in [0.1, 0.15) is 34.1 Å². The Morgan fingerprint density at radius 2 is 1.60 bits per heavy atom. The molecule has 0 aliphatic carbocycles. The van der Waals surface area contributed by atoms with Crippen LogP contribution in [0.25, 0.3) is 0 Å². The zero-order valence-corrected chi connectivity index (χ0v) is 7.46. The Morgan fingerprint density at radius 1 is 1.20 bits per heavy atom. The molecule has 0 bridgehead atoms. The molecule has 0 saturated heterocycles. The summed E-state index contributed by atoms with van der Waals surface area (Å²) < 4.78 is 0. The van der Waals surface area contributed by atoms with Gasteiger partial charge in [0.15, 0.2) is 0 Å². The van der Waals surface area contributed by atoms with E-state index in [9.17, 15) is 0 Å². The fourth-order valence-corrected chi connectivity index (χ4v) is 0.445. The van der Waals surface area contributed by atoms with Crippen molar-refractivity contribution in [3.63, 3.8) is 0 Å². The highest BCUT2D eigenvalue weighted by Crippen LogP contribution is 2.05. The van der Waals surface area contributed by atoms with Crippen molar-refractivity contribution in [1.29, 1.82) is 0 Å². The van der Waals surface area contributed by atoms with Gasteiger partial charge in [0.25, 0.3) is 0 Å². The van der Waals surface area contributed by atoms with Crippen LogP contribution in [0.5, 0.6) is 0 Å². The highest BCUT2D eigenvalue weighted by Gasteiger charge is 2.05. The third-order valence-electron chi connectivity index (χ3n) is 1.41. The summed E-state index contributed by atoms with van der Waals surface area (Å²) in [7, 11) is 0. The molecule has 0 aliphatic heterocycles. The maximum Gasteiger partial charge on any atom is 0.0538 e. The van der Waals surface area contributed by atoms with Crippen LogP contribution < -0.4 is 0 Å². The molecule has 0 fully saturated rings. The van der Waals surface area contributed by atoms with Crippen molar-refractivity contribution in [3.05, 3.63) is 0 Å². The first-order valence-corrected chi connectivity index (χ1v) is 3.97. The van der Waals surface area contributed by atoms with E-state index in [0.29, 0.717) is 6.42 Å². The van der Waals surface area contributed by atoms with Crippen LogP contribution >= 0.6 is 0 Å². The first-order chi connectivity index (χ1) is 4.68. The minimum absolute atomic E-state index is 0.173. The maximum absolute atomic E-state index is 8.84. The highest BCUT2D eigenvalue weighted by atomic mass is 16.3. The predicted octanol–water partition coefficient (Wildman–Crippen LogP) is 1.41.